The van der Waals surface area contributed by atoms with Crippen LogP contribution < -0.4 is 9.47 Å². The monoisotopic (exact) mass is 453 g/mol. The van der Waals surface area contributed by atoms with Crippen molar-refractivity contribution in [3.05, 3.63) is 36.0 Å². The molecule has 1 aliphatic heterocycles. The average Bonchev–Trinajstić information content (AvgIpc) is 2.84. The third kappa shape index (κ3) is 6.67. The number of hydrogen-bond donors (Lipinski definition) is 1. The Bertz CT molecular complexity index is 867. The summed E-state index contributed by atoms with van der Waals surface area (Å²) < 4.78 is 12.2. The molecule has 1 saturated carbocycles. The summed E-state index contributed by atoms with van der Waals surface area (Å²) in [5, 5.41) is 19.2. The van der Waals surface area contributed by atoms with E-state index in [-0.39, 0.29) is 12.0 Å². The number of ether oxygens (including phenoxy) is 2. The molecule has 4 rings (SSSR count). The minimum absolute atomic E-state index is 0.127. The molecule has 2 aromatic rings. The van der Waals surface area contributed by atoms with Gasteiger partial charge in [-0.25, -0.2) is 0 Å². The van der Waals surface area contributed by atoms with E-state index < -0.39 is 0 Å². The lowest BCUT2D eigenvalue weighted by Gasteiger charge is -2.33. The fourth-order valence-corrected chi connectivity index (χ4v) is 4.86. The van der Waals surface area contributed by atoms with Gasteiger partial charge in [0, 0.05) is 24.1 Å². The topological polar surface area (TPSA) is 67.7 Å². The molecule has 0 bridgehead atoms. The highest BCUT2D eigenvalue weighted by Crippen LogP contribution is 2.30. The first kappa shape index (κ1) is 24.0. The van der Waals surface area contributed by atoms with E-state index >= 15 is 0 Å². The van der Waals surface area contributed by atoms with Gasteiger partial charge < -0.3 is 19.5 Å². The van der Waals surface area contributed by atoms with Gasteiger partial charge in [0.2, 0.25) is 5.88 Å². The normalized spacial score (nSPS) is 22.3. The minimum Gasteiger partial charge on any atom is -0.490 e. The van der Waals surface area contributed by atoms with E-state index in [1.54, 1.807) is 0 Å². The smallest absolute Gasteiger partial charge is 0.234 e. The lowest BCUT2D eigenvalue weighted by molar-refractivity contribution is 0.0107. The zero-order valence-electron chi connectivity index (χ0n) is 20.2. The Hall–Kier alpha value is -2.18. The molecule has 1 aromatic carbocycles. The maximum absolute atomic E-state index is 10.4. The number of aromatic nitrogens is 2. The SMILES string of the molecule is CCCCc1nnc(OC[C@H]2CCN(C)C[C@@H]2O)cc1-c1ccc(OC2CCCCC2)cc1. The van der Waals surface area contributed by atoms with Crippen LogP contribution in [0.3, 0.4) is 0 Å². The van der Waals surface area contributed by atoms with Gasteiger partial charge in [-0.15, -0.1) is 5.10 Å². The van der Waals surface area contributed by atoms with Crippen molar-refractivity contribution in [1.29, 1.82) is 0 Å². The average molecular weight is 454 g/mol. The fourth-order valence-electron chi connectivity index (χ4n) is 4.86. The summed E-state index contributed by atoms with van der Waals surface area (Å²) in [4.78, 5) is 2.16. The van der Waals surface area contributed by atoms with Crippen LogP contribution in [-0.2, 0) is 6.42 Å². The molecule has 6 heteroatoms. The van der Waals surface area contributed by atoms with E-state index in [1.807, 2.05) is 13.1 Å². The Balaban J connectivity index is 1.46. The van der Waals surface area contributed by atoms with Gasteiger partial charge in [0.05, 0.1) is 24.5 Å². The van der Waals surface area contributed by atoms with Gasteiger partial charge in [-0.1, -0.05) is 31.9 Å². The number of β-amino-alcohol motifs (C(OH)–C–C–N with tert-alkyl or cyclic N) is 1. The summed E-state index contributed by atoms with van der Waals surface area (Å²) in [6, 6.07) is 10.4. The van der Waals surface area contributed by atoms with Gasteiger partial charge in [-0.3, -0.25) is 0 Å². The molecule has 0 spiro atoms. The highest BCUT2D eigenvalue weighted by atomic mass is 16.5. The Labute approximate surface area is 198 Å². The maximum atomic E-state index is 10.4. The van der Waals surface area contributed by atoms with Crippen LogP contribution in [-0.4, -0.2) is 59.2 Å². The predicted octanol–water partition coefficient (Wildman–Crippen LogP) is 4.89. The summed E-state index contributed by atoms with van der Waals surface area (Å²) in [6.45, 7) is 4.32. The van der Waals surface area contributed by atoms with Gasteiger partial charge in [0.15, 0.2) is 0 Å². The van der Waals surface area contributed by atoms with E-state index in [1.165, 1.54) is 19.3 Å². The van der Waals surface area contributed by atoms with Crippen LogP contribution in [0.1, 0.15) is 64.0 Å². The second-order valence-electron chi connectivity index (χ2n) is 9.74. The summed E-state index contributed by atoms with van der Waals surface area (Å²) >= 11 is 0. The molecule has 33 heavy (non-hydrogen) atoms. The number of aliphatic hydroxyl groups is 1. The quantitative estimate of drug-likeness (QED) is 0.583. The van der Waals surface area contributed by atoms with Crippen molar-refractivity contribution in [2.24, 2.45) is 5.92 Å². The third-order valence-electron chi connectivity index (χ3n) is 7.01. The molecule has 0 amide bonds. The molecule has 1 aliphatic carbocycles. The van der Waals surface area contributed by atoms with Crippen LogP contribution >= 0.6 is 0 Å². The molecule has 1 saturated heterocycles. The zero-order valence-corrected chi connectivity index (χ0v) is 20.2. The second kappa shape index (κ2) is 11.8. The predicted molar refractivity (Wildman–Crippen MR) is 131 cm³/mol. The number of hydrogen-bond acceptors (Lipinski definition) is 6. The number of piperidine rings is 1. The van der Waals surface area contributed by atoms with Crippen LogP contribution in [0, 0.1) is 5.92 Å². The highest BCUT2D eigenvalue weighted by molar-refractivity contribution is 5.67. The van der Waals surface area contributed by atoms with Gasteiger partial charge >= 0.3 is 0 Å². The second-order valence-corrected chi connectivity index (χ2v) is 9.74. The number of unbranched alkanes of at least 4 members (excludes halogenated alkanes) is 1. The van der Waals surface area contributed by atoms with Crippen LogP contribution in [0.2, 0.25) is 0 Å². The van der Waals surface area contributed by atoms with Crippen molar-refractivity contribution < 1.29 is 14.6 Å². The summed E-state index contributed by atoms with van der Waals surface area (Å²) in [6.07, 6.45) is 10.2. The Morgan fingerprint density at radius 3 is 2.58 bits per heavy atom. The molecular weight excluding hydrogens is 414 g/mol. The standard InChI is InChI=1S/C27H39N3O3/c1-3-4-10-25-24(20-11-13-23(14-12-20)33-22-8-6-5-7-9-22)17-27(29-28-25)32-19-21-15-16-30(2)18-26(21)31/h11-14,17,21-22,26,31H,3-10,15-16,18-19H2,1-2H3/t21-,26+/m1/s1. The molecule has 0 unspecified atom stereocenters. The largest absolute Gasteiger partial charge is 0.490 e. The van der Waals surface area contributed by atoms with Crippen LogP contribution in [0.25, 0.3) is 11.1 Å². The lowest BCUT2D eigenvalue weighted by Crippen LogP contribution is -2.43. The third-order valence-corrected chi connectivity index (χ3v) is 7.01. The number of likely N-dealkylation sites (N-methyl/N-ethyl adjacent to an activating group) is 1. The number of aryl methyl sites for hydroxylation is 1. The van der Waals surface area contributed by atoms with Crippen molar-refractivity contribution in [3.63, 3.8) is 0 Å². The minimum atomic E-state index is -0.364. The molecule has 2 atom stereocenters. The fraction of sp³-hybridized carbons (Fsp3) is 0.630. The Kier molecular flexibility index (Phi) is 8.57. The molecule has 2 heterocycles. The molecule has 0 radical (unpaired) electrons. The lowest BCUT2D eigenvalue weighted by atomic mass is 9.95. The number of nitrogens with zero attached hydrogens (tertiary/aromatic N) is 3. The van der Waals surface area contributed by atoms with Crippen molar-refractivity contribution in [2.45, 2.75) is 76.9 Å². The van der Waals surface area contributed by atoms with Crippen molar-refractivity contribution in [3.8, 4) is 22.8 Å². The van der Waals surface area contributed by atoms with Gasteiger partial charge in [0.25, 0.3) is 0 Å². The molecule has 1 aromatic heterocycles. The van der Waals surface area contributed by atoms with E-state index in [2.05, 4.69) is 46.3 Å². The van der Waals surface area contributed by atoms with Gasteiger partial charge in [-0.05, 0) is 76.2 Å². The van der Waals surface area contributed by atoms with Gasteiger partial charge in [-0.2, -0.15) is 5.10 Å². The molecule has 1 N–H and O–H groups in total. The van der Waals surface area contributed by atoms with Crippen LogP contribution in [0.4, 0.5) is 0 Å². The first-order valence-electron chi connectivity index (χ1n) is 12.8. The summed E-state index contributed by atoms with van der Waals surface area (Å²) in [7, 11) is 2.04. The Morgan fingerprint density at radius 2 is 1.85 bits per heavy atom. The van der Waals surface area contributed by atoms with Crippen molar-refractivity contribution in [1.82, 2.24) is 15.1 Å². The van der Waals surface area contributed by atoms with Crippen LogP contribution in [0.15, 0.2) is 30.3 Å². The molecule has 2 fully saturated rings. The summed E-state index contributed by atoms with van der Waals surface area (Å²) in [5.41, 5.74) is 3.18. The van der Waals surface area contributed by atoms with E-state index in [0.717, 1.165) is 67.6 Å². The number of aliphatic hydroxyl groups excluding tert-OH is 1. The van der Waals surface area contributed by atoms with Crippen molar-refractivity contribution in [2.75, 3.05) is 26.7 Å². The first-order valence-corrected chi connectivity index (χ1v) is 12.8. The van der Waals surface area contributed by atoms with Gasteiger partial charge in [0.1, 0.15) is 5.75 Å². The molecular formula is C27H39N3O3. The maximum Gasteiger partial charge on any atom is 0.234 e. The zero-order chi connectivity index (χ0) is 23.0. The van der Waals surface area contributed by atoms with Crippen LogP contribution in [0.5, 0.6) is 11.6 Å². The molecule has 2 aliphatic rings. The van der Waals surface area contributed by atoms with E-state index in [9.17, 15) is 5.11 Å². The first-order chi connectivity index (χ1) is 16.1. The highest BCUT2D eigenvalue weighted by Gasteiger charge is 2.26. The number of rotatable bonds is 9. The Morgan fingerprint density at radius 1 is 1.06 bits per heavy atom. The van der Waals surface area contributed by atoms with Crippen molar-refractivity contribution >= 4 is 0 Å². The number of likely N-dealkylation sites (tertiary alicyclic amines) is 1. The van der Waals surface area contributed by atoms with E-state index in [0.29, 0.717) is 25.1 Å². The molecule has 6 nitrogen and oxygen atoms in total. The number of benzene rings is 1. The summed E-state index contributed by atoms with van der Waals surface area (Å²) in [5.74, 6) is 1.59. The van der Waals surface area contributed by atoms with E-state index in [4.69, 9.17) is 9.47 Å². The molecule has 180 valence electrons.